The number of carbonyl (C=O) groups excluding carboxylic acids is 1. The van der Waals surface area contributed by atoms with Gasteiger partial charge in [-0.25, -0.2) is 0 Å². The summed E-state index contributed by atoms with van der Waals surface area (Å²) < 4.78 is 0. The van der Waals surface area contributed by atoms with Gasteiger partial charge in [0.05, 0.1) is 10.9 Å². The number of halogens is 1. The Morgan fingerprint density at radius 3 is 2.64 bits per heavy atom. The molecule has 0 saturated carbocycles. The van der Waals surface area contributed by atoms with Gasteiger partial charge in [-0.2, -0.15) is 0 Å². The van der Waals surface area contributed by atoms with E-state index in [0.717, 1.165) is 28.6 Å². The van der Waals surface area contributed by atoms with Crippen molar-refractivity contribution in [2.45, 2.75) is 23.0 Å². The minimum absolute atomic E-state index is 0.202. The molecule has 0 radical (unpaired) electrons. The van der Waals surface area contributed by atoms with Crippen molar-refractivity contribution in [2.24, 2.45) is 0 Å². The van der Waals surface area contributed by atoms with Gasteiger partial charge in [-0.1, -0.05) is 35.9 Å². The minimum Gasteiger partial charge on any atom is -0.310 e. The third kappa shape index (κ3) is 4.57. The number of benzene rings is 2. The highest BCUT2D eigenvalue weighted by molar-refractivity contribution is 7.99. The van der Waals surface area contributed by atoms with Gasteiger partial charge in [0.2, 0.25) is 5.91 Å². The molecule has 0 spiro atoms. The summed E-state index contributed by atoms with van der Waals surface area (Å²) in [5.41, 5.74) is 2.24. The fourth-order valence-corrected chi connectivity index (χ4v) is 4.41. The van der Waals surface area contributed by atoms with E-state index in [4.69, 9.17) is 11.6 Å². The first-order valence-electron chi connectivity index (χ1n) is 8.51. The SMILES string of the molecule is CN(C)CCCC(=O)N1CC(c2ccc(Cl)cc2)Sc2ccccc21. The number of anilines is 1. The first kappa shape index (κ1) is 18.3. The molecule has 3 rings (SSSR count). The van der Waals surface area contributed by atoms with Crippen molar-refractivity contribution in [1.82, 2.24) is 4.90 Å². The van der Waals surface area contributed by atoms with Gasteiger partial charge in [0.1, 0.15) is 0 Å². The van der Waals surface area contributed by atoms with Crippen molar-refractivity contribution in [2.75, 3.05) is 32.1 Å². The topological polar surface area (TPSA) is 23.6 Å². The summed E-state index contributed by atoms with van der Waals surface area (Å²) in [4.78, 5) is 18.1. The summed E-state index contributed by atoms with van der Waals surface area (Å²) in [6, 6.07) is 16.1. The highest BCUT2D eigenvalue weighted by atomic mass is 35.5. The van der Waals surface area contributed by atoms with Crippen LogP contribution in [0.3, 0.4) is 0 Å². The average Bonchev–Trinajstić information content (AvgIpc) is 2.61. The van der Waals surface area contributed by atoms with E-state index in [9.17, 15) is 4.79 Å². The van der Waals surface area contributed by atoms with Gasteiger partial charge < -0.3 is 9.80 Å². The van der Waals surface area contributed by atoms with Crippen molar-refractivity contribution >= 4 is 35.0 Å². The van der Waals surface area contributed by atoms with Gasteiger partial charge in [-0.05, 0) is 56.9 Å². The van der Waals surface area contributed by atoms with E-state index in [2.05, 4.69) is 23.1 Å². The molecule has 0 N–H and O–H groups in total. The minimum atomic E-state index is 0.202. The predicted octanol–water partition coefficient (Wildman–Crippen LogP) is 4.86. The van der Waals surface area contributed by atoms with E-state index in [1.165, 1.54) is 5.56 Å². The number of para-hydroxylation sites is 1. The zero-order valence-electron chi connectivity index (χ0n) is 14.6. The Balaban J connectivity index is 1.81. The first-order chi connectivity index (χ1) is 12.0. The van der Waals surface area contributed by atoms with Crippen LogP contribution >= 0.6 is 23.4 Å². The molecule has 2 aromatic rings. The number of hydrogen-bond acceptors (Lipinski definition) is 3. The van der Waals surface area contributed by atoms with Gasteiger partial charge in [0.25, 0.3) is 0 Å². The fraction of sp³-hybridized carbons (Fsp3) is 0.350. The summed E-state index contributed by atoms with van der Waals surface area (Å²) in [6.45, 7) is 1.63. The smallest absolute Gasteiger partial charge is 0.227 e. The number of nitrogens with zero attached hydrogens (tertiary/aromatic N) is 2. The van der Waals surface area contributed by atoms with Gasteiger partial charge in [-0.3, -0.25) is 4.79 Å². The lowest BCUT2D eigenvalue weighted by Crippen LogP contribution is -2.37. The lowest BCUT2D eigenvalue weighted by Gasteiger charge is -2.34. The second-order valence-corrected chi connectivity index (χ2v) is 8.22. The number of hydrogen-bond donors (Lipinski definition) is 0. The van der Waals surface area contributed by atoms with E-state index in [0.29, 0.717) is 13.0 Å². The standard InChI is InChI=1S/C20H23ClN2OS/c1-22(2)13-5-8-20(24)23-14-19(15-9-11-16(21)12-10-15)25-18-7-4-3-6-17(18)23/h3-4,6-7,9-12,19H,5,8,13-14H2,1-2H3. The Kier molecular flexibility index (Phi) is 6.05. The van der Waals surface area contributed by atoms with Crippen LogP contribution in [0.25, 0.3) is 0 Å². The van der Waals surface area contributed by atoms with Gasteiger partial charge in [0, 0.05) is 22.9 Å². The molecule has 1 unspecified atom stereocenters. The molecule has 0 saturated heterocycles. The van der Waals surface area contributed by atoms with E-state index in [1.54, 1.807) is 0 Å². The number of amides is 1. The van der Waals surface area contributed by atoms with Crippen molar-refractivity contribution in [1.29, 1.82) is 0 Å². The third-order valence-corrected chi connectivity index (χ3v) is 5.87. The van der Waals surface area contributed by atoms with Gasteiger partial charge in [-0.15, -0.1) is 11.8 Å². The maximum atomic E-state index is 12.9. The van der Waals surface area contributed by atoms with Crippen molar-refractivity contribution in [3.63, 3.8) is 0 Å². The summed E-state index contributed by atoms with van der Waals surface area (Å²) in [5.74, 6) is 0.202. The lowest BCUT2D eigenvalue weighted by molar-refractivity contribution is -0.118. The van der Waals surface area contributed by atoms with Crippen LogP contribution in [-0.2, 0) is 4.79 Å². The average molecular weight is 375 g/mol. The number of carbonyl (C=O) groups is 1. The van der Waals surface area contributed by atoms with Crippen molar-refractivity contribution in [3.8, 4) is 0 Å². The molecule has 0 fully saturated rings. The highest BCUT2D eigenvalue weighted by Crippen LogP contribution is 2.45. The first-order valence-corrected chi connectivity index (χ1v) is 9.76. The molecule has 2 aromatic carbocycles. The molecule has 0 aliphatic carbocycles. The van der Waals surface area contributed by atoms with E-state index < -0.39 is 0 Å². The van der Waals surface area contributed by atoms with Crippen LogP contribution in [0.1, 0.15) is 23.7 Å². The van der Waals surface area contributed by atoms with Crippen LogP contribution in [-0.4, -0.2) is 38.0 Å². The number of thioether (sulfide) groups is 1. The maximum Gasteiger partial charge on any atom is 0.227 e. The molecular formula is C20H23ClN2OS. The van der Waals surface area contributed by atoms with Crippen LogP contribution in [0.2, 0.25) is 5.02 Å². The Morgan fingerprint density at radius 1 is 1.20 bits per heavy atom. The second-order valence-electron chi connectivity index (χ2n) is 6.54. The number of fused-ring (bicyclic) bond motifs is 1. The Morgan fingerprint density at radius 2 is 1.92 bits per heavy atom. The molecule has 3 nitrogen and oxygen atoms in total. The van der Waals surface area contributed by atoms with Crippen LogP contribution in [0.15, 0.2) is 53.4 Å². The lowest BCUT2D eigenvalue weighted by atomic mass is 10.1. The molecule has 1 amide bonds. The summed E-state index contributed by atoms with van der Waals surface area (Å²) in [7, 11) is 4.07. The maximum absolute atomic E-state index is 12.9. The number of rotatable bonds is 5. The van der Waals surface area contributed by atoms with Gasteiger partial charge >= 0.3 is 0 Å². The molecule has 1 aliphatic rings. The monoisotopic (exact) mass is 374 g/mol. The molecule has 1 atom stereocenters. The second kappa shape index (κ2) is 8.26. The van der Waals surface area contributed by atoms with Crippen LogP contribution in [0, 0.1) is 0 Å². The van der Waals surface area contributed by atoms with Crippen molar-refractivity contribution in [3.05, 3.63) is 59.1 Å². The molecule has 5 heteroatoms. The normalized spacial score (nSPS) is 16.8. The zero-order chi connectivity index (χ0) is 17.8. The summed E-state index contributed by atoms with van der Waals surface area (Å²) in [6.07, 6.45) is 1.45. The largest absolute Gasteiger partial charge is 0.310 e. The highest BCUT2D eigenvalue weighted by Gasteiger charge is 2.29. The fourth-order valence-electron chi connectivity index (χ4n) is 3.00. The van der Waals surface area contributed by atoms with E-state index >= 15 is 0 Å². The molecule has 25 heavy (non-hydrogen) atoms. The Labute approximate surface area is 159 Å². The summed E-state index contributed by atoms with van der Waals surface area (Å²) in [5, 5.41) is 0.964. The van der Waals surface area contributed by atoms with E-state index in [1.807, 2.05) is 61.1 Å². The van der Waals surface area contributed by atoms with Crippen LogP contribution in [0.5, 0.6) is 0 Å². The quantitative estimate of drug-likeness (QED) is 0.746. The van der Waals surface area contributed by atoms with Crippen LogP contribution < -0.4 is 4.90 Å². The Hall–Kier alpha value is -1.49. The molecule has 0 aromatic heterocycles. The molecule has 0 bridgehead atoms. The van der Waals surface area contributed by atoms with Crippen LogP contribution in [0.4, 0.5) is 5.69 Å². The van der Waals surface area contributed by atoms with Gasteiger partial charge in [0.15, 0.2) is 0 Å². The van der Waals surface area contributed by atoms with Crippen molar-refractivity contribution < 1.29 is 4.79 Å². The third-order valence-electron chi connectivity index (χ3n) is 4.31. The predicted molar refractivity (Wildman–Crippen MR) is 107 cm³/mol. The summed E-state index contributed by atoms with van der Waals surface area (Å²) >= 11 is 7.84. The Bertz CT molecular complexity index is 733. The zero-order valence-corrected chi connectivity index (χ0v) is 16.2. The molecule has 1 heterocycles. The molecule has 1 aliphatic heterocycles. The molecule has 132 valence electrons. The van der Waals surface area contributed by atoms with E-state index in [-0.39, 0.29) is 11.2 Å². The molecular weight excluding hydrogens is 352 g/mol.